The second-order valence-electron chi connectivity index (χ2n) is 9.44. The molecule has 2 atom stereocenters. The van der Waals surface area contributed by atoms with E-state index in [2.05, 4.69) is 29.6 Å². The van der Waals surface area contributed by atoms with Crippen LogP contribution in [0.25, 0.3) is 11.1 Å². The Morgan fingerprint density at radius 3 is 2.22 bits per heavy atom. The molecule has 2 aromatic rings. The summed E-state index contributed by atoms with van der Waals surface area (Å²) >= 11 is 0. The van der Waals surface area contributed by atoms with Crippen LogP contribution in [0.4, 0.5) is 9.59 Å². The van der Waals surface area contributed by atoms with Crippen molar-refractivity contribution in [2.45, 2.75) is 50.9 Å². The molecule has 2 amide bonds. The second-order valence-corrected chi connectivity index (χ2v) is 9.44. The molecule has 0 radical (unpaired) electrons. The van der Waals surface area contributed by atoms with Crippen LogP contribution in [-0.2, 0) is 9.47 Å². The van der Waals surface area contributed by atoms with Crippen molar-refractivity contribution in [3.8, 4) is 11.1 Å². The van der Waals surface area contributed by atoms with E-state index in [9.17, 15) is 14.7 Å². The smallest absolute Gasteiger partial charge is 0.410 e. The molecule has 1 saturated heterocycles. The number of benzene rings is 2. The fourth-order valence-corrected chi connectivity index (χ4v) is 4.46. The van der Waals surface area contributed by atoms with Gasteiger partial charge in [0, 0.05) is 12.5 Å². The van der Waals surface area contributed by atoms with Crippen molar-refractivity contribution in [3.05, 3.63) is 59.7 Å². The number of nitrogens with zero attached hydrogens (tertiary/aromatic N) is 1. The van der Waals surface area contributed by atoms with Crippen LogP contribution in [0.5, 0.6) is 0 Å². The Labute approximate surface area is 188 Å². The van der Waals surface area contributed by atoms with Gasteiger partial charge in [-0.2, -0.15) is 0 Å². The van der Waals surface area contributed by atoms with Crippen molar-refractivity contribution in [1.82, 2.24) is 10.2 Å². The van der Waals surface area contributed by atoms with Crippen LogP contribution in [-0.4, -0.2) is 59.6 Å². The highest BCUT2D eigenvalue weighted by Crippen LogP contribution is 2.44. The van der Waals surface area contributed by atoms with Gasteiger partial charge in [-0.3, -0.25) is 0 Å². The van der Waals surface area contributed by atoms with E-state index in [0.29, 0.717) is 6.42 Å². The van der Waals surface area contributed by atoms with Gasteiger partial charge in [0.1, 0.15) is 12.2 Å². The molecule has 1 fully saturated rings. The minimum atomic E-state index is -0.741. The minimum absolute atomic E-state index is 0.0247. The number of carbonyl (C=O) groups excluding carboxylic acids is 2. The minimum Gasteiger partial charge on any atom is -0.449 e. The number of carbonyl (C=O) groups is 2. The molecule has 2 N–H and O–H groups in total. The highest BCUT2D eigenvalue weighted by atomic mass is 16.6. The number of hydrogen-bond acceptors (Lipinski definition) is 5. The molecule has 1 aliphatic heterocycles. The van der Waals surface area contributed by atoms with Gasteiger partial charge in [-0.25, -0.2) is 9.59 Å². The summed E-state index contributed by atoms with van der Waals surface area (Å²) in [4.78, 5) is 26.4. The lowest BCUT2D eigenvalue weighted by Crippen LogP contribution is -2.55. The molecule has 1 heterocycles. The summed E-state index contributed by atoms with van der Waals surface area (Å²) in [5.74, 6) is -0.0247. The van der Waals surface area contributed by atoms with E-state index in [-0.39, 0.29) is 25.6 Å². The predicted octanol–water partition coefficient (Wildman–Crippen LogP) is 3.90. The Bertz CT molecular complexity index is 954. The Hall–Kier alpha value is -3.06. The molecule has 0 unspecified atom stereocenters. The predicted molar refractivity (Wildman–Crippen MR) is 120 cm³/mol. The van der Waals surface area contributed by atoms with Crippen molar-refractivity contribution < 1.29 is 24.2 Å². The summed E-state index contributed by atoms with van der Waals surface area (Å²) < 4.78 is 11.0. The number of β-amino-alcohol motifs (C(OH)–C–C–N with tert-alkyl or cyclic N) is 1. The average Bonchev–Trinajstić information content (AvgIpc) is 3.04. The maximum Gasteiger partial charge on any atom is 0.410 e. The van der Waals surface area contributed by atoms with E-state index in [1.54, 1.807) is 20.8 Å². The standard InChI is InChI=1S/C25H30N2O5/c1-25(2,3)32-24(30)27-13-16(12-17(28)14-27)26-23(29)31-15-22-20-10-6-4-8-18(20)19-9-5-7-11-21(19)22/h4-11,16-17,22,28H,12-15H2,1-3H3,(H,26,29)/t16-,17-/m0/s1. The SMILES string of the molecule is CC(C)(C)OC(=O)N1C[C@@H](O)C[C@H](NC(=O)OCC2c3ccccc3-c3ccccc32)C1. The lowest BCUT2D eigenvalue weighted by atomic mass is 9.98. The summed E-state index contributed by atoms with van der Waals surface area (Å²) in [5, 5.41) is 13.0. The Morgan fingerprint density at radius 2 is 1.62 bits per heavy atom. The number of rotatable bonds is 3. The quantitative estimate of drug-likeness (QED) is 0.759. The molecule has 0 saturated carbocycles. The zero-order chi connectivity index (χ0) is 22.9. The van der Waals surface area contributed by atoms with Gasteiger partial charge in [0.2, 0.25) is 0 Å². The average molecular weight is 439 g/mol. The van der Waals surface area contributed by atoms with E-state index in [0.717, 1.165) is 11.1 Å². The third-order valence-corrected chi connectivity index (χ3v) is 5.75. The first-order valence-electron chi connectivity index (χ1n) is 11.0. The molecular formula is C25H30N2O5. The fourth-order valence-electron chi connectivity index (χ4n) is 4.46. The first kappa shape index (κ1) is 22.1. The van der Waals surface area contributed by atoms with E-state index < -0.39 is 29.9 Å². The van der Waals surface area contributed by atoms with E-state index in [1.165, 1.54) is 16.0 Å². The van der Waals surface area contributed by atoms with Gasteiger partial charge in [-0.05, 0) is 49.4 Å². The van der Waals surface area contributed by atoms with Crippen LogP contribution in [0, 0.1) is 0 Å². The van der Waals surface area contributed by atoms with Crippen molar-refractivity contribution in [1.29, 1.82) is 0 Å². The van der Waals surface area contributed by atoms with Crippen LogP contribution in [0.2, 0.25) is 0 Å². The highest BCUT2D eigenvalue weighted by Gasteiger charge is 2.33. The number of amides is 2. The van der Waals surface area contributed by atoms with Crippen molar-refractivity contribution in [3.63, 3.8) is 0 Å². The third kappa shape index (κ3) is 4.88. The molecule has 4 rings (SSSR count). The summed E-state index contributed by atoms with van der Waals surface area (Å²) in [6.07, 6.45) is -1.45. The van der Waals surface area contributed by atoms with Gasteiger partial charge < -0.3 is 24.8 Å². The molecule has 7 heteroatoms. The number of hydrogen-bond donors (Lipinski definition) is 2. The summed E-state index contributed by atoms with van der Waals surface area (Å²) in [6, 6.07) is 15.9. The monoisotopic (exact) mass is 438 g/mol. The van der Waals surface area contributed by atoms with Crippen LogP contribution < -0.4 is 5.32 Å². The summed E-state index contributed by atoms with van der Waals surface area (Å²) in [5.41, 5.74) is 3.99. The fraction of sp³-hybridized carbons (Fsp3) is 0.440. The topological polar surface area (TPSA) is 88.1 Å². The van der Waals surface area contributed by atoms with Gasteiger partial charge >= 0.3 is 12.2 Å². The number of aliphatic hydroxyl groups is 1. The number of piperidine rings is 1. The molecule has 1 aliphatic carbocycles. The number of nitrogens with one attached hydrogen (secondary N) is 1. The van der Waals surface area contributed by atoms with Gasteiger partial charge in [0.15, 0.2) is 0 Å². The third-order valence-electron chi connectivity index (χ3n) is 5.75. The van der Waals surface area contributed by atoms with E-state index in [1.807, 2.05) is 24.3 Å². The first-order chi connectivity index (χ1) is 15.2. The lowest BCUT2D eigenvalue weighted by molar-refractivity contribution is -0.00254. The number of fused-ring (bicyclic) bond motifs is 3. The van der Waals surface area contributed by atoms with Crippen LogP contribution >= 0.6 is 0 Å². The Kier molecular flexibility index (Phi) is 6.11. The molecule has 0 aromatic heterocycles. The molecule has 32 heavy (non-hydrogen) atoms. The second kappa shape index (κ2) is 8.82. The molecule has 0 spiro atoms. The van der Waals surface area contributed by atoms with Gasteiger partial charge in [0.05, 0.1) is 18.7 Å². The number of alkyl carbamates (subject to hydrolysis) is 1. The highest BCUT2D eigenvalue weighted by molar-refractivity contribution is 5.79. The first-order valence-corrected chi connectivity index (χ1v) is 11.0. The molecular weight excluding hydrogens is 408 g/mol. The number of ether oxygens (including phenoxy) is 2. The van der Waals surface area contributed by atoms with Crippen molar-refractivity contribution >= 4 is 12.2 Å². The molecule has 170 valence electrons. The van der Waals surface area contributed by atoms with E-state index in [4.69, 9.17) is 9.47 Å². The Morgan fingerprint density at radius 1 is 1.03 bits per heavy atom. The van der Waals surface area contributed by atoms with Crippen molar-refractivity contribution in [2.75, 3.05) is 19.7 Å². The number of aliphatic hydroxyl groups excluding tert-OH is 1. The number of likely N-dealkylation sites (tertiary alicyclic amines) is 1. The summed E-state index contributed by atoms with van der Waals surface area (Å²) in [6.45, 7) is 6.02. The van der Waals surface area contributed by atoms with Crippen LogP contribution in [0.3, 0.4) is 0 Å². The molecule has 7 nitrogen and oxygen atoms in total. The zero-order valence-electron chi connectivity index (χ0n) is 18.7. The lowest BCUT2D eigenvalue weighted by Gasteiger charge is -2.36. The van der Waals surface area contributed by atoms with Crippen LogP contribution in [0.1, 0.15) is 44.2 Å². The maximum atomic E-state index is 12.6. The van der Waals surface area contributed by atoms with Crippen molar-refractivity contribution in [2.24, 2.45) is 0 Å². The van der Waals surface area contributed by atoms with E-state index >= 15 is 0 Å². The molecule has 0 bridgehead atoms. The maximum absolute atomic E-state index is 12.6. The van der Waals surface area contributed by atoms with Gasteiger partial charge in [0.25, 0.3) is 0 Å². The Balaban J connectivity index is 1.37. The molecule has 2 aliphatic rings. The normalized spacial score (nSPS) is 20.3. The van der Waals surface area contributed by atoms with Gasteiger partial charge in [-0.15, -0.1) is 0 Å². The van der Waals surface area contributed by atoms with Gasteiger partial charge in [-0.1, -0.05) is 48.5 Å². The largest absolute Gasteiger partial charge is 0.449 e. The molecule has 2 aromatic carbocycles. The van der Waals surface area contributed by atoms with Crippen LogP contribution in [0.15, 0.2) is 48.5 Å². The summed E-state index contributed by atoms with van der Waals surface area (Å²) in [7, 11) is 0. The zero-order valence-corrected chi connectivity index (χ0v) is 18.7.